The summed E-state index contributed by atoms with van der Waals surface area (Å²) in [5, 5.41) is 0. The first-order valence-corrected chi connectivity index (χ1v) is 7.30. The minimum atomic E-state index is -0.340. The van der Waals surface area contributed by atoms with Crippen molar-refractivity contribution in [3.63, 3.8) is 0 Å². The van der Waals surface area contributed by atoms with Crippen LogP contribution in [0.5, 0.6) is 0 Å². The molecule has 0 unspecified atom stereocenters. The van der Waals surface area contributed by atoms with Crippen LogP contribution in [0.4, 0.5) is 0 Å². The second-order valence-electron chi connectivity index (χ2n) is 2.61. The highest BCUT2D eigenvalue weighted by Crippen LogP contribution is 2.05. The SMILES string of the molecule is C=C(/C=C\C(=C/C)CC)OC(C)=O.CC.CC.CC. The van der Waals surface area contributed by atoms with E-state index >= 15 is 0 Å². The number of carbonyl (C=O) groups is 1. The van der Waals surface area contributed by atoms with Crippen molar-refractivity contribution in [2.75, 3.05) is 0 Å². The van der Waals surface area contributed by atoms with Gasteiger partial charge in [-0.3, -0.25) is 4.79 Å². The molecule has 0 radical (unpaired) electrons. The van der Waals surface area contributed by atoms with Crippen LogP contribution in [0.15, 0.2) is 36.1 Å². The summed E-state index contributed by atoms with van der Waals surface area (Å²) in [6.07, 6.45) is 6.56. The maximum Gasteiger partial charge on any atom is 0.308 e. The molecule has 0 aromatic carbocycles. The van der Waals surface area contributed by atoms with Gasteiger partial charge in [-0.15, -0.1) is 0 Å². The Bertz CT molecular complexity index is 248. The van der Waals surface area contributed by atoms with E-state index < -0.39 is 0 Å². The molecule has 0 spiro atoms. The Morgan fingerprint density at radius 2 is 1.47 bits per heavy atom. The number of carbonyl (C=O) groups excluding carboxylic acids is 1. The predicted molar refractivity (Wildman–Crippen MR) is 88.1 cm³/mol. The van der Waals surface area contributed by atoms with E-state index in [0.717, 1.165) is 6.42 Å². The summed E-state index contributed by atoms with van der Waals surface area (Å²) >= 11 is 0. The van der Waals surface area contributed by atoms with Crippen molar-refractivity contribution < 1.29 is 9.53 Å². The van der Waals surface area contributed by atoms with Crippen LogP contribution in [0.2, 0.25) is 0 Å². The lowest BCUT2D eigenvalue weighted by Gasteiger charge is -1.99. The van der Waals surface area contributed by atoms with Crippen molar-refractivity contribution >= 4 is 5.97 Å². The summed E-state index contributed by atoms with van der Waals surface area (Å²) in [7, 11) is 0. The smallest absolute Gasteiger partial charge is 0.308 e. The molecule has 0 aromatic rings. The van der Waals surface area contributed by atoms with Crippen molar-refractivity contribution in [3.8, 4) is 0 Å². The van der Waals surface area contributed by atoms with Crippen LogP contribution >= 0.6 is 0 Å². The number of ether oxygens (including phenoxy) is 1. The Labute approximate surface area is 121 Å². The first-order chi connectivity index (χ1) is 9.10. The van der Waals surface area contributed by atoms with Gasteiger partial charge in [0.2, 0.25) is 0 Å². The second kappa shape index (κ2) is 25.5. The molecule has 0 aliphatic rings. The highest BCUT2D eigenvalue weighted by Gasteiger charge is 1.93. The number of allylic oxidation sites excluding steroid dienone is 4. The zero-order valence-electron chi connectivity index (χ0n) is 14.5. The molecule has 2 nitrogen and oxygen atoms in total. The lowest BCUT2D eigenvalue weighted by atomic mass is 10.2. The van der Waals surface area contributed by atoms with E-state index in [4.69, 9.17) is 4.74 Å². The summed E-state index contributed by atoms with van der Waals surface area (Å²) in [6, 6.07) is 0. The highest BCUT2D eigenvalue weighted by molar-refractivity contribution is 5.67. The Morgan fingerprint density at radius 1 is 1.05 bits per heavy atom. The molecule has 0 atom stereocenters. The van der Waals surface area contributed by atoms with Gasteiger partial charge < -0.3 is 4.74 Å². The van der Waals surface area contributed by atoms with Gasteiger partial charge in [-0.05, 0) is 19.4 Å². The highest BCUT2D eigenvalue weighted by atomic mass is 16.5. The average molecular weight is 270 g/mol. The molecule has 0 aliphatic heterocycles. The van der Waals surface area contributed by atoms with Gasteiger partial charge in [0.1, 0.15) is 5.76 Å². The predicted octanol–water partition coefficient (Wildman–Crippen LogP) is 6.05. The summed E-state index contributed by atoms with van der Waals surface area (Å²) in [6.45, 7) is 21.0. The molecule has 0 aromatic heterocycles. The summed E-state index contributed by atoms with van der Waals surface area (Å²) < 4.78 is 4.74. The Hall–Kier alpha value is -1.31. The second-order valence-corrected chi connectivity index (χ2v) is 2.61. The van der Waals surface area contributed by atoms with Crippen LogP contribution in [-0.2, 0) is 9.53 Å². The maximum absolute atomic E-state index is 10.5. The first-order valence-electron chi connectivity index (χ1n) is 7.30. The fourth-order valence-electron chi connectivity index (χ4n) is 0.837. The molecule has 0 saturated carbocycles. The van der Waals surface area contributed by atoms with Crippen molar-refractivity contribution in [1.82, 2.24) is 0 Å². The Morgan fingerprint density at radius 3 is 1.74 bits per heavy atom. The molecule has 2 heteroatoms. The van der Waals surface area contributed by atoms with E-state index in [0.29, 0.717) is 5.76 Å². The van der Waals surface area contributed by atoms with E-state index in [1.165, 1.54) is 12.5 Å². The molecule has 0 aliphatic carbocycles. The van der Waals surface area contributed by atoms with Crippen LogP contribution in [0.1, 0.15) is 68.7 Å². The zero-order chi connectivity index (χ0) is 16.3. The van der Waals surface area contributed by atoms with E-state index in [2.05, 4.69) is 13.5 Å². The lowest BCUT2D eigenvalue weighted by Crippen LogP contribution is -1.95. The third-order valence-corrected chi connectivity index (χ3v) is 1.54. The van der Waals surface area contributed by atoms with Crippen LogP contribution in [-0.4, -0.2) is 5.97 Å². The van der Waals surface area contributed by atoms with Gasteiger partial charge >= 0.3 is 5.97 Å². The van der Waals surface area contributed by atoms with Crippen LogP contribution in [0.25, 0.3) is 0 Å². The molecule has 114 valence electrons. The van der Waals surface area contributed by atoms with Crippen LogP contribution in [0.3, 0.4) is 0 Å². The van der Waals surface area contributed by atoms with Crippen molar-refractivity contribution in [2.45, 2.75) is 68.7 Å². The van der Waals surface area contributed by atoms with E-state index in [1.54, 1.807) is 6.08 Å². The minimum Gasteiger partial charge on any atom is -0.427 e. The number of rotatable bonds is 4. The number of esters is 1. The Balaban J connectivity index is -0.000000163. The molecule has 0 amide bonds. The quantitative estimate of drug-likeness (QED) is 0.353. The van der Waals surface area contributed by atoms with Crippen molar-refractivity contribution in [1.29, 1.82) is 0 Å². The fraction of sp³-hybridized carbons (Fsp3) is 0.588. The monoisotopic (exact) mass is 270 g/mol. The van der Waals surface area contributed by atoms with Crippen LogP contribution in [0, 0.1) is 0 Å². The molecule has 0 rings (SSSR count). The van der Waals surface area contributed by atoms with Gasteiger partial charge in [-0.1, -0.05) is 72.8 Å². The van der Waals surface area contributed by atoms with Gasteiger partial charge in [0, 0.05) is 6.92 Å². The van der Waals surface area contributed by atoms with Crippen molar-refractivity contribution in [2.24, 2.45) is 0 Å². The van der Waals surface area contributed by atoms with E-state index in [1.807, 2.05) is 60.6 Å². The number of hydrogen-bond donors (Lipinski definition) is 0. The van der Waals surface area contributed by atoms with Crippen molar-refractivity contribution in [3.05, 3.63) is 36.1 Å². The lowest BCUT2D eigenvalue weighted by molar-refractivity contribution is -0.136. The summed E-state index contributed by atoms with van der Waals surface area (Å²) in [4.78, 5) is 10.5. The number of hydrogen-bond acceptors (Lipinski definition) is 2. The van der Waals surface area contributed by atoms with Gasteiger partial charge in [0.05, 0.1) is 0 Å². The summed E-state index contributed by atoms with van der Waals surface area (Å²) in [5.41, 5.74) is 1.19. The minimum absolute atomic E-state index is 0.340. The largest absolute Gasteiger partial charge is 0.427 e. The molecule has 0 bridgehead atoms. The molecular weight excluding hydrogens is 236 g/mol. The Kier molecular flexibility index (Phi) is 35.3. The molecule has 0 saturated heterocycles. The average Bonchev–Trinajstić information content (AvgIpc) is 2.46. The van der Waals surface area contributed by atoms with E-state index in [9.17, 15) is 4.79 Å². The van der Waals surface area contributed by atoms with Gasteiger partial charge in [0.25, 0.3) is 0 Å². The maximum atomic E-state index is 10.5. The van der Waals surface area contributed by atoms with Gasteiger partial charge in [-0.2, -0.15) is 0 Å². The molecule has 19 heavy (non-hydrogen) atoms. The first kappa shape index (κ1) is 26.3. The normalized spacial score (nSPS) is 9.00. The third kappa shape index (κ3) is 26.4. The third-order valence-electron chi connectivity index (χ3n) is 1.54. The van der Waals surface area contributed by atoms with Gasteiger partial charge in [0.15, 0.2) is 0 Å². The summed E-state index contributed by atoms with van der Waals surface area (Å²) in [5.74, 6) is 0.0356. The van der Waals surface area contributed by atoms with E-state index in [-0.39, 0.29) is 5.97 Å². The standard InChI is InChI=1S/C11H16O2.3C2H6/c1-5-11(6-2)8-7-9(3)13-10(4)12;3*1-2/h5,7-8H,3,6H2,1-2,4H3;3*1-2H3/b8-7-,11-5-;;;. The fourth-order valence-corrected chi connectivity index (χ4v) is 0.837. The molecular formula is C17H34O2. The van der Waals surface area contributed by atoms with Crippen LogP contribution < -0.4 is 0 Å². The molecule has 0 heterocycles. The zero-order valence-corrected chi connectivity index (χ0v) is 14.5. The van der Waals surface area contributed by atoms with Gasteiger partial charge in [-0.25, -0.2) is 0 Å². The molecule has 0 N–H and O–H groups in total. The topological polar surface area (TPSA) is 26.3 Å². The molecule has 0 fully saturated rings.